The van der Waals surface area contributed by atoms with E-state index < -0.39 is 12.6 Å². The van der Waals surface area contributed by atoms with Crippen molar-refractivity contribution >= 4 is 28.4 Å². The van der Waals surface area contributed by atoms with Crippen LogP contribution in [0.2, 0.25) is 0 Å². The quantitative estimate of drug-likeness (QED) is 0.394. The van der Waals surface area contributed by atoms with Crippen LogP contribution in [-0.4, -0.2) is 64.5 Å². The molecule has 2 aliphatic rings. The van der Waals surface area contributed by atoms with Crippen molar-refractivity contribution < 1.29 is 18.3 Å². The Morgan fingerprint density at radius 3 is 2.58 bits per heavy atom. The van der Waals surface area contributed by atoms with E-state index in [4.69, 9.17) is 14.5 Å². The summed E-state index contributed by atoms with van der Waals surface area (Å²) in [5.41, 5.74) is 3.61. The third kappa shape index (κ3) is 4.31. The number of aromatic nitrogens is 4. The molecule has 2 N–H and O–H groups in total. The van der Waals surface area contributed by atoms with E-state index in [2.05, 4.69) is 20.6 Å². The number of ether oxygens (including phenoxy) is 2. The maximum atomic E-state index is 14.3. The van der Waals surface area contributed by atoms with Gasteiger partial charge < -0.3 is 29.6 Å². The number of nitrogens with one attached hydrogen (secondary N) is 2. The average Bonchev–Trinajstić information content (AvgIpc) is 3.25. The van der Waals surface area contributed by atoms with E-state index in [0.29, 0.717) is 23.2 Å². The number of hydrogen-bond donors (Lipinski definition) is 2. The smallest absolute Gasteiger partial charge is 0.229 e. The number of halogens is 2. The number of nitrogens with zero attached hydrogens (tertiary/aromatic N) is 5. The summed E-state index contributed by atoms with van der Waals surface area (Å²) in [5.74, 6) is 0.996. The molecule has 2 fully saturated rings. The van der Waals surface area contributed by atoms with E-state index in [0.717, 1.165) is 40.3 Å². The summed E-state index contributed by atoms with van der Waals surface area (Å²) in [4.78, 5) is 14.6. The van der Waals surface area contributed by atoms with E-state index in [1.165, 1.54) is 0 Å². The average molecular weight is 494 g/mol. The highest BCUT2D eigenvalue weighted by Gasteiger charge is 2.31. The van der Waals surface area contributed by atoms with Gasteiger partial charge in [-0.1, -0.05) is 0 Å². The predicted octanol–water partition coefficient (Wildman–Crippen LogP) is 3.65. The van der Waals surface area contributed by atoms with Gasteiger partial charge in [0.25, 0.3) is 0 Å². The summed E-state index contributed by atoms with van der Waals surface area (Å²) in [6.45, 7) is 3.26. The Kier molecular flexibility index (Phi) is 5.86. The van der Waals surface area contributed by atoms with Crippen LogP contribution in [-0.2, 0) is 4.74 Å². The van der Waals surface area contributed by atoms with Crippen LogP contribution in [0.15, 0.2) is 55.0 Å². The van der Waals surface area contributed by atoms with Crippen LogP contribution in [0.3, 0.4) is 0 Å². The molecule has 2 atom stereocenters. The van der Waals surface area contributed by atoms with Gasteiger partial charge in [-0.3, -0.25) is 0 Å². The molecule has 2 unspecified atom stereocenters. The molecule has 4 aromatic rings. The molecular weight excluding hydrogens is 468 g/mol. The molecule has 3 aromatic heterocycles. The van der Waals surface area contributed by atoms with E-state index in [-0.39, 0.29) is 19.3 Å². The molecule has 2 saturated heterocycles. The lowest BCUT2D eigenvalue weighted by Crippen LogP contribution is -2.50. The van der Waals surface area contributed by atoms with Gasteiger partial charge in [-0.2, -0.15) is 4.98 Å². The van der Waals surface area contributed by atoms with Crippen LogP contribution in [0.5, 0.6) is 5.88 Å². The largest absolute Gasteiger partial charge is 0.472 e. The Hall–Kier alpha value is -3.83. The number of fused-ring (bicyclic) bond motifs is 1. The second-order valence-corrected chi connectivity index (χ2v) is 8.85. The number of benzene rings is 1. The molecule has 1 aromatic carbocycles. The SMILES string of the molecule is Cc1cc(N2C(F)COCC2F)ccc1-n1ccc2cnc(Nc3ccc(OC4CNC4)nc3)nc21. The van der Waals surface area contributed by atoms with Crippen molar-refractivity contribution in [3.8, 4) is 11.6 Å². The topological polar surface area (TPSA) is 89.4 Å². The second-order valence-electron chi connectivity index (χ2n) is 8.85. The highest BCUT2D eigenvalue weighted by Crippen LogP contribution is 2.30. The first-order chi connectivity index (χ1) is 17.5. The van der Waals surface area contributed by atoms with Gasteiger partial charge in [0.15, 0.2) is 12.6 Å². The zero-order chi connectivity index (χ0) is 24.6. The summed E-state index contributed by atoms with van der Waals surface area (Å²) in [6, 6.07) is 10.9. The normalized spacial score (nSPS) is 20.4. The predicted molar refractivity (Wildman–Crippen MR) is 131 cm³/mol. The van der Waals surface area contributed by atoms with Crippen molar-refractivity contribution in [1.82, 2.24) is 24.8 Å². The first-order valence-corrected chi connectivity index (χ1v) is 11.7. The maximum Gasteiger partial charge on any atom is 0.229 e. The summed E-state index contributed by atoms with van der Waals surface area (Å²) < 4.78 is 41.3. The first kappa shape index (κ1) is 22.6. The van der Waals surface area contributed by atoms with Crippen molar-refractivity contribution in [2.75, 3.05) is 36.5 Å². The second kappa shape index (κ2) is 9.32. The molecule has 6 rings (SSSR count). The Morgan fingerprint density at radius 2 is 1.89 bits per heavy atom. The zero-order valence-corrected chi connectivity index (χ0v) is 19.6. The lowest BCUT2D eigenvalue weighted by atomic mass is 10.1. The van der Waals surface area contributed by atoms with E-state index in [1.807, 2.05) is 42.0 Å². The number of hydrogen-bond acceptors (Lipinski definition) is 8. The Bertz CT molecular complexity index is 1370. The van der Waals surface area contributed by atoms with Crippen LogP contribution >= 0.6 is 0 Å². The summed E-state index contributed by atoms with van der Waals surface area (Å²) >= 11 is 0. The van der Waals surface area contributed by atoms with Gasteiger partial charge in [0.05, 0.1) is 30.8 Å². The molecule has 36 heavy (non-hydrogen) atoms. The number of pyridine rings is 1. The standard InChI is InChI=1S/C25H25F2N7O2/c1-15-8-18(34-21(26)13-35-14-22(34)27)3-4-20(15)33-7-6-16-9-30-25(32-24(16)33)31-17-2-5-23(29-10-17)36-19-11-28-12-19/h2-10,19,21-22,28H,11-14H2,1H3,(H,30,31,32). The molecule has 2 aliphatic heterocycles. The van der Waals surface area contributed by atoms with Crippen molar-refractivity contribution in [1.29, 1.82) is 0 Å². The summed E-state index contributed by atoms with van der Waals surface area (Å²) in [6.07, 6.45) is 2.43. The monoisotopic (exact) mass is 493 g/mol. The van der Waals surface area contributed by atoms with E-state index in [9.17, 15) is 8.78 Å². The Morgan fingerprint density at radius 1 is 1.06 bits per heavy atom. The fourth-order valence-corrected chi connectivity index (χ4v) is 4.33. The van der Waals surface area contributed by atoms with Gasteiger partial charge in [0.1, 0.15) is 11.8 Å². The van der Waals surface area contributed by atoms with E-state index in [1.54, 1.807) is 24.5 Å². The molecule has 9 nitrogen and oxygen atoms in total. The summed E-state index contributed by atoms with van der Waals surface area (Å²) in [5, 5.41) is 7.20. The number of aryl methyl sites for hydroxylation is 1. The van der Waals surface area contributed by atoms with Crippen LogP contribution in [0, 0.1) is 6.92 Å². The molecule has 11 heteroatoms. The minimum absolute atomic E-state index is 0.153. The number of alkyl halides is 2. The Balaban J connectivity index is 1.24. The van der Waals surface area contributed by atoms with Crippen molar-refractivity contribution in [2.24, 2.45) is 0 Å². The first-order valence-electron chi connectivity index (χ1n) is 11.7. The van der Waals surface area contributed by atoms with Crippen LogP contribution in [0.4, 0.5) is 26.1 Å². The van der Waals surface area contributed by atoms with Gasteiger partial charge >= 0.3 is 0 Å². The lowest BCUT2D eigenvalue weighted by Gasteiger charge is -2.35. The maximum absolute atomic E-state index is 14.3. The van der Waals surface area contributed by atoms with Gasteiger partial charge in [-0.05, 0) is 42.8 Å². The molecule has 0 spiro atoms. The molecule has 0 amide bonds. The van der Waals surface area contributed by atoms with Crippen molar-refractivity contribution in [3.63, 3.8) is 0 Å². The lowest BCUT2D eigenvalue weighted by molar-refractivity contribution is -0.00983. The van der Waals surface area contributed by atoms with Crippen LogP contribution in [0.25, 0.3) is 16.7 Å². The molecule has 0 radical (unpaired) electrons. The third-order valence-electron chi connectivity index (χ3n) is 6.30. The zero-order valence-electron chi connectivity index (χ0n) is 19.6. The van der Waals surface area contributed by atoms with Gasteiger partial charge in [0, 0.05) is 42.6 Å². The molecular formula is C25H25F2N7O2. The van der Waals surface area contributed by atoms with Gasteiger partial charge in [0.2, 0.25) is 11.8 Å². The van der Waals surface area contributed by atoms with Crippen LogP contribution < -0.4 is 20.3 Å². The minimum Gasteiger partial charge on any atom is -0.472 e. The molecule has 0 aliphatic carbocycles. The fourth-order valence-electron chi connectivity index (χ4n) is 4.33. The van der Waals surface area contributed by atoms with Gasteiger partial charge in [-0.25, -0.2) is 18.7 Å². The molecule has 186 valence electrons. The van der Waals surface area contributed by atoms with Crippen molar-refractivity contribution in [2.45, 2.75) is 25.6 Å². The highest BCUT2D eigenvalue weighted by atomic mass is 19.2. The Labute approximate surface area is 206 Å². The van der Waals surface area contributed by atoms with Crippen molar-refractivity contribution in [3.05, 3.63) is 60.6 Å². The number of morpholine rings is 1. The molecule has 0 saturated carbocycles. The third-order valence-corrected chi connectivity index (χ3v) is 6.30. The fraction of sp³-hybridized carbons (Fsp3) is 0.320. The van der Waals surface area contributed by atoms with Crippen LogP contribution in [0.1, 0.15) is 5.56 Å². The molecule has 5 heterocycles. The van der Waals surface area contributed by atoms with E-state index >= 15 is 0 Å². The number of anilines is 3. The number of rotatable bonds is 6. The highest BCUT2D eigenvalue weighted by molar-refractivity contribution is 5.79. The molecule has 0 bridgehead atoms. The van der Waals surface area contributed by atoms with Gasteiger partial charge in [-0.15, -0.1) is 0 Å². The summed E-state index contributed by atoms with van der Waals surface area (Å²) in [7, 11) is 0. The minimum atomic E-state index is -1.53.